The number of rotatable bonds is 4. The van der Waals surface area contributed by atoms with E-state index in [1.807, 2.05) is 6.07 Å². The maximum Gasteiger partial charge on any atom is 0.340 e. The largest absolute Gasteiger partial charge is 0.462 e. The van der Waals surface area contributed by atoms with Gasteiger partial charge in [0, 0.05) is 17.7 Å². The van der Waals surface area contributed by atoms with E-state index >= 15 is 0 Å². The predicted molar refractivity (Wildman–Crippen MR) is 86.7 cm³/mol. The second-order valence-corrected chi connectivity index (χ2v) is 5.11. The summed E-state index contributed by atoms with van der Waals surface area (Å²) in [5.74, 6) is -0.669. The van der Waals surface area contributed by atoms with E-state index in [0.29, 0.717) is 5.56 Å². The quantitative estimate of drug-likeness (QED) is 0.362. The molecule has 0 aliphatic rings. The Morgan fingerprint density at radius 2 is 2.21 bits per heavy atom. The van der Waals surface area contributed by atoms with Crippen LogP contribution in [0, 0.1) is 28.4 Å². The van der Waals surface area contributed by atoms with Crippen LogP contribution < -0.4 is 0 Å². The molecule has 0 N–H and O–H groups in total. The molecule has 0 saturated heterocycles. The minimum atomic E-state index is -0.669. The van der Waals surface area contributed by atoms with Gasteiger partial charge in [-0.25, -0.2) is 9.78 Å². The summed E-state index contributed by atoms with van der Waals surface area (Å²) in [6.07, 6.45) is 0. The average molecular weight is 346 g/mol. The van der Waals surface area contributed by atoms with Crippen molar-refractivity contribution in [2.75, 3.05) is 6.61 Å². The van der Waals surface area contributed by atoms with Crippen molar-refractivity contribution in [3.8, 4) is 17.2 Å². The Morgan fingerprint density at radius 1 is 1.50 bits per heavy atom. The maximum atomic E-state index is 12.3. The number of carbonyl (C=O) groups excluding carboxylic acids is 1. The molecule has 0 amide bonds. The van der Waals surface area contributed by atoms with E-state index in [1.54, 1.807) is 19.9 Å². The van der Waals surface area contributed by atoms with Gasteiger partial charge in [0.1, 0.15) is 11.2 Å². The highest BCUT2D eigenvalue weighted by molar-refractivity contribution is 6.31. The number of nitro benzene ring substituents is 1. The highest BCUT2D eigenvalue weighted by Crippen LogP contribution is 2.34. The Bertz CT molecular complexity index is 874. The van der Waals surface area contributed by atoms with E-state index in [0.717, 1.165) is 0 Å². The molecule has 0 saturated carbocycles. The monoisotopic (exact) mass is 345 g/mol. The Hall–Kier alpha value is -2.98. The number of carbonyl (C=O) groups is 1. The van der Waals surface area contributed by atoms with Gasteiger partial charge in [-0.15, -0.1) is 0 Å². The lowest BCUT2D eigenvalue weighted by Gasteiger charge is -2.14. The molecule has 0 radical (unpaired) electrons. The second-order valence-electron chi connectivity index (χ2n) is 4.75. The van der Waals surface area contributed by atoms with Crippen molar-refractivity contribution in [1.29, 1.82) is 5.26 Å². The lowest BCUT2D eigenvalue weighted by atomic mass is 9.94. The van der Waals surface area contributed by atoms with Crippen LogP contribution in [0.2, 0.25) is 5.15 Å². The van der Waals surface area contributed by atoms with Gasteiger partial charge in [-0.3, -0.25) is 10.1 Å². The summed E-state index contributed by atoms with van der Waals surface area (Å²) in [6, 6.07) is 7.51. The van der Waals surface area contributed by atoms with Gasteiger partial charge < -0.3 is 4.74 Å². The van der Waals surface area contributed by atoms with Crippen LogP contribution >= 0.6 is 11.6 Å². The smallest absolute Gasteiger partial charge is 0.340 e. The molecule has 7 nitrogen and oxygen atoms in total. The molecule has 0 fully saturated rings. The van der Waals surface area contributed by atoms with Crippen molar-refractivity contribution in [2.24, 2.45) is 0 Å². The summed E-state index contributed by atoms with van der Waals surface area (Å²) in [4.78, 5) is 26.8. The molecule has 0 atom stereocenters. The number of aromatic nitrogens is 1. The van der Waals surface area contributed by atoms with Crippen LogP contribution in [0.15, 0.2) is 24.3 Å². The van der Waals surface area contributed by atoms with Crippen LogP contribution in [-0.2, 0) is 4.74 Å². The van der Waals surface area contributed by atoms with E-state index in [-0.39, 0.29) is 39.8 Å². The van der Waals surface area contributed by atoms with Crippen molar-refractivity contribution in [1.82, 2.24) is 4.98 Å². The van der Waals surface area contributed by atoms with Crippen LogP contribution in [0.3, 0.4) is 0 Å². The molecule has 0 unspecified atom stereocenters. The first-order valence-electron chi connectivity index (χ1n) is 6.92. The van der Waals surface area contributed by atoms with Crippen LogP contribution in [0.25, 0.3) is 11.1 Å². The van der Waals surface area contributed by atoms with Crippen LogP contribution in [0.5, 0.6) is 0 Å². The van der Waals surface area contributed by atoms with Gasteiger partial charge in [0.2, 0.25) is 0 Å². The van der Waals surface area contributed by atoms with Gasteiger partial charge in [-0.1, -0.05) is 23.7 Å². The van der Waals surface area contributed by atoms with Crippen molar-refractivity contribution in [3.63, 3.8) is 0 Å². The van der Waals surface area contributed by atoms with E-state index in [1.165, 1.54) is 18.2 Å². The highest BCUT2D eigenvalue weighted by Gasteiger charge is 2.25. The Balaban J connectivity index is 2.84. The second kappa shape index (κ2) is 7.06. The topological polar surface area (TPSA) is 106 Å². The molecular weight excluding hydrogens is 334 g/mol. The number of esters is 1. The molecule has 1 heterocycles. The molecule has 0 bridgehead atoms. The Morgan fingerprint density at radius 3 is 2.79 bits per heavy atom. The van der Waals surface area contributed by atoms with Gasteiger partial charge in [-0.2, -0.15) is 5.26 Å². The zero-order valence-electron chi connectivity index (χ0n) is 12.9. The summed E-state index contributed by atoms with van der Waals surface area (Å²) in [5.41, 5.74) is 0.633. The first-order valence-corrected chi connectivity index (χ1v) is 7.30. The molecule has 0 aliphatic carbocycles. The molecular formula is C16H12ClN3O4. The van der Waals surface area contributed by atoms with Crippen molar-refractivity contribution in [2.45, 2.75) is 13.8 Å². The normalized spacial score (nSPS) is 10.1. The molecule has 1 aromatic carbocycles. The average Bonchev–Trinajstić information content (AvgIpc) is 2.54. The van der Waals surface area contributed by atoms with Gasteiger partial charge in [0.25, 0.3) is 5.69 Å². The zero-order valence-corrected chi connectivity index (χ0v) is 13.6. The first-order chi connectivity index (χ1) is 11.4. The minimum absolute atomic E-state index is 0.0363. The third kappa shape index (κ3) is 3.19. The molecule has 2 aromatic rings. The van der Waals surface area contributed by atoms with Crippen molar-refractivity contribution < 1.29 is 14.5 Å². The summed E-state index contributed by atoms with van der Waals surface area (Å²) in [7, 11) is 0. The third-order valence-electron chi connectivity index (χ3n) is 3.27. The Kier molecular flexibility index (Phi) is 5.11. The molecule has 0 spiro atoms. The van der Waals surface area contributed by atoms with E-state index in [2.05, 4.69) is 4.98 Å². The SMILES string of the molecule is CCOC(=O)c1c(C)nc(Cl)c(C#N)c1-c1cccc([N+](=O)[O-])c1. The van der Waals surface area contributed by atoms with E-state index in [4.69, 9.17) is 16.3 Å². The fourth-order valence-electron chi connectivity index (χ4n) is 2.29. The maximum absolute atomic E-state index is 12.3. The molecule has 122 valence electrons. The third-order valence-corrected chi connectivity index (χ3v) is 3.54. The standard InChI is InChI=1S/C16H12ClN3O4/c1-3-24-16(21)13-9(2)19-15(17)12(8-18)14(13)10-5-4-6-11(7-10)20(22)23/h4-7H,3H2,1-2H3. The number of nitriles is 1. The summed E-state index contributed by atoms with van der Waals surface area (Å²) >= 11 is 6.02. The Labute approximate surface area is 142 Å². The summed E-state index contributed by atoms with van der Waals surface area (Å²) < 4.78 is 5.02. The number of pyridine rings is 1. The first kappa shape index (κ1) is 17.4. The summed E-state index contributed by atoms with van der Waals surface area (Å²) in [5, 5.41) is 20.3. The molecule has 8 heteroatoms. The van der Waals surface area contributed by atoms with Crippen molar-refractivity contribution >= 4 is 23.3 Å². The van der Waals surface area contributed by atoms with Gasteiger partial charge >= 0.3 is 5.97 Å². The van der Waals surface area contributed by atoms with Gasteiger partial charge in [-0.05, 0) is 19.4 Å². The lowest BCUT2D eigenvalue weighted by molar-refractivity contribution is -0.384. The van der Waals surface area contributed by atoms with Crippen LogP contribution in [-0.4, -0.2) is 22.5 Å². The molecule has 24 heavy (non-hydrogen) atoms. The molecule has 2 rings (SSSR count). The number of nitrogens with zero attached hydrogens (tertiary/aromatic N) is 3. The molecule has 1 aromatic heterocycles. The fourth-order valence-corrected chi connectivity index (χ4v) is 2.55. The van der Waals surface area contributed by atoms with Crippen molar-refractivity contribution in [3.05, 3.63) is 56.4 Å². The number of nitro groups is 1. The van der Waals surface area contributed by atoms with Gasteiger partial charge in [0.15, 0.2) is 0 Å². The number of ether oxygens (including phenoxy) is 1. The number of benzene rings is 1. The fraction of sp³-hybridized carbons (Fsp3) is 0.188. The van der Waals surface area contributed by atoms with Crippen LogP contribution in [0.4, 0.5) is 5.69 Å². The van der Waals surface area contributed by atoms with E-state index < -0.39 is 10.9 Å². The number of hydrogen-bond donors (Lipinski definition) is 0. The lowest BCUT2D eigenvalue weighted by Crippen LogP contribution is -2.12. The number of hydrogen-bond acceptors (Lipinski definition) is 6. The van der Waals surface area contributed by atoms with Gasteiger partial charge in [0.05, 0.1) is 28.4 Å². The molecule has 0 aliphatic heterocycles. The van der Waals surface area contributed by atoms with E-state index in [9.17, 15) is 20.2 Å². The number of non-ortho nitro benzene ring substituents is 1. The minimum Gasteiger partial charge on any atom is -0.462 e. The summed E-state index contributed by atoms with van der Waals surface area (Å²) in [6.45, 7) is 3.34. The number of halogens is 1. The highest BCUT2D eigenvalue weighted by atomic mass is 35.5. The number of aryl methyl sites for hydroxylation is 1. The van der Waals surface area contributed by atoms with Crippen LogP contribution in [0.1, 0.15) is 28.5 Å². The predicted octanol–water partition coefficient (Wildman–Crippen LogP) is 3.67. The zero-order chi connectivity index (χ0) is 17.9.